The van der Waals surface area contributed by atoms with Gasteiger partial charge in [-0.25, -0.2) is 0 Å². The summed E-state index contributed by atoms with van der Waals surface area (Å²) in [5, 5.41) is 0. The maximum absolute atomic E-state index is 12.7. The van der Waals surface area contributed by atoms with E-state index in [0.29, 0.717) is 4.57 Å². The molecule has 0 saturated carbocycles. The molecule has 17 heavy (non-hydrogen) atoms. The third-order valence-corrected chi connectivity index (χ3v) is 2.68. The second kappa shape index (κ2) is 4.87. The summed E-state index contributed by atoms with van der Waals surface area (Å²) in [6.07, 6.45) is -4.57. The van der Waals surface area contributed by atoms with Crippen LogP contribution in [-0.2, 0) is 12.7 Å². The van der Waals surface area contributed by atoms with Gasteiger partial charge in [0, 0.05) is 18.5 Å². The molecule has 0 radical (unpaired) electrons. The lowest BCUT2D eigenvalue weighted by Crippen LogP contribution is -2.32. The average molecular weight is 264 g/mol. The van der Waals surface area contributed by atoms with E-state index in [1.54, 1.807) is 6.92 Å². The first-order valence-electron chi connectivity index (χ1n) is 4.80. The van der Waals surface area contributed by atoms with Crippen molar-refractivity contribution in [3.8, 4) is 0 Å². The van der Waals surface area contributed by atoms with E-state index in [0.717, 1.165) is 18.2 Å². The highest BCUT2D eigenvalue weighted by molar-refractivity contribution is 7.80. The largest absolute Gasteiger partial charge is 0.431 e. The Morgan fingerprint density at radius 2 is 2.12 bits per heavy atom. The van der Waals surface area contributed by atoms with Gasteiger partial charge in [-0.3, -0.25) is 4.79 Å². The number of thiocarbonyl (C=S) groups is 1. The Bertz CT molecular complexity index is 481. The first-order chi connectivity index (χ1) is 7.73. The zero-order valence-electron chi connectivity index (χ0n) is 8.99. The molecular weight excluding hydrogens is 253 g/mol. The highest BCUT2D eigenvalue weighted by Crippen LogP contribution is 2.28. The number of aromatic nitrogens is 1. The lowest BCUT2D eigenvalue weighted by molar-refractivity contribution is -0.144. The van der Waals surface area contributed by atoms with E-state index < -0.39 is 23.3 Å². The van der Waals surface area contributed by atoms with Gasteiger partial charge in [0.2, 0.25) is 0 Å². The third kappa shape index (κ3) is 3.29. The van der Waals surface area contributed by atoms with E-state index in [9.17, 15) is 18.0 Å². The van der Waals surface area contributed by atoms with Gasteiger partial charge in [0.05, 0.1) is 4.99 Å². The maximum atomic E-state index is 12.7. The average Bonchev–Trinajstić information content (AvgIpc) is 2.18. The minimum absolute atomic E-state index is 0.0777. The normalized spacial score (nSPS) is 13.4. The molecule has 1 aromatic heterocycles. The topological polar surface area (TPSA) is 48.0 Å². The lowest BCUT2D eigenvalue weighted by Gasteiger charge is -2.17. The Hall–Kier alpha value is -1.37. The number of hydrogen-bond acceptors (Lipinski definition) is 2. The van der Waals surface area contributed by atoms with Crippen molar-refractivity contribution in [2.24, 2.45) is 11.7 Å². The fourth-order valence-electron chi connectivity index (χ4n) is 1.32. The summed E-state index contributed by atoms with van der Waals surface area (Å²) in [5.74, 6) is -0.480. The lowest BCUT2D eigenvalue weighted by atomic mass is 10.1. The number of nitrogens with zero attached hydrogens (tertiary/aromatic N) is 1. The molecule has 7 heteroatoms. The molecule has 0 aliphatic heterocycles. The molecule has 0 aliphatic rings. The fraction of sp³-hybridized carbons (Fsp3) is 0.400. The Labute approximate surface area is 101 Å². The summed E-state index contributed by atoms with van der Waals surface area (Å²) in [6, 6.07) is 3.00. The summed E-state index contributed by atoms with van der Waals surface area (Å²) in [6.45, 7) is 1.39. The maximum Gasteiger partial charge on any atom is 0.431 e. The predicted octanol–water partition coefficient (Wildman–Crippen LogP) is 1.79. The summed E-state index contributed by atoms with van der Waals surface area (Å²) in [5.41, 5.74) is 3.62. The highest BCUT2D eigenvalue weighted by atomic mass is 32.1. The van der Waals surface area contributed by atoms with Crippen LogP contribution in [0.4, 0.5) is 13.2 Å². The van der Waals surface area contributed by atoms with Crippen LogP contribution in [0.5, 0.6) is 0 Å². The van der Waals surface area contributed by atoms with Crippen molar-refractivity contribution in [1.82, 2.24) is 4.57 Å². The number of rotatable bonds is 3. The molecule has 94 valence electrons. The standard InChI is InChI=1S/C10H11F3N2OS/c1-6(9(14)17)5-15-7(10(11,12)13)3-2-4-8(15)16/h2-4,6H,5H2,1H3,(H2,14,17). The number of hydrogen-bond donors (Lipinski definition) is 1. The minimum atomic E-state index is -4.57. The number of pyridine rings is 1. The van der Waals surface area contributed by atoms with Crippen molar-refractivity contribution >= 4 is 17.2 Å². The number of alkyl halides is 3. The monoisotopic (exact) mass is 264 g/mol. The summed E-state index contributed by atoms with van der Waals surface area (Å²) >= 11 is 4.68. The zero-order valence-corrected chi connectivity index (χ0v) is 9.81. The van der Waals surface area contributed by atoms with Crippen LogP contribution in [0.15, 0.2) is 23.0 Å². The second-order valence-corrected chi connectivity index (χ2v) is 4.13. The molecule has 0 amide bonds. The van der Waals surface area contributed by atoms with Crippen LogP contribution in [0.25, 0.3) is 0 Å². The fourth-order valence-corrected chi connectivity index (χ4v) is 1.39. The van der Waals surface area contributed by atoms with Crippen molar-refractivity contribution in [3.63, 3.8) is 0 Å². The Balaban J connectivity index is 3.22. The molecule has 0 saturated heterocycles. The molecule has 0 aliphatic carbocycles. The Morgan fingerprint density at radius 1 is 1.53 bits per heavy atom. The van der Waals surface area contributed by atoms with Crippen LogP contribution in [0, 0.1) is 5.92 Å². The van der Waals surface area contributed by atoms with Gasteiger partial charge in [0.1, 0.15) is 5.69 Å². The van der Waals surface area contributed by atoms with Crippen molar-refractivity contribution < 1.29 is 13.2 Å². The molecule has 1 heterocycles. The quantitative estimate of drug-likeness (QED) is 0.847. The molecule has 1 atom stereocenters. The molecule has 3 nitrogen and oxygen atoms in total. The molecule has 2 N–H and O–H groups in total. The van der Waals surface area contributed by atoms with Crippen LogP contribution in [0.2, 0.25) is 0 Å². The zero-order chi connectivity index (χ0) is 13.2. The number of halogens is 3. The first-order valence-corrected chi connectivity index (χ1v) is 5.20. The second-order valence-electron chi connectivity index (χ2n) is 3.66. The van der Waals surface area contributed by atoms with Crippen LogP contribution < -0.4 is 11.3 Å². The summed E-state index contributed by atoms with van der Waals surface area (Å²) in [4.78, 5) is 11.5. The van der Waals surface area contributed by atoms with Gasteiger partial charge in [-0.05, 0) is 6.07 Å². The first kappa shape index (κ1) is 13.7. The van der Waals surface area contributed by atoms with Crippen LogP contribution in [0.1, 0.15) is 12.6 Å². The molecule has 0 bridgehead atoms. The van der Waals surface area contributed by atoms with Gasteiger partial charge in [-0.2, -0.15) is 13.2 Å². The van der Waals surface area contributed by atoms with Crippen molar-refractivity contribution in [3.05, 3.63) is 34.2 Å². The van der Waals surface area contributed by atoms with Crippen LogP contribution in [0.3, 0.4) is 0 Å². The van der Waals surface area contributed by atoms with Gasteiger partial charge in [-0.1, -0.05) is 25.2 Å². The molecular formula is C10H11F3N2OS. The van der Waals surface area contributed by atoms with E-state index in [1.165, 1.54) is 0 Å². The van der Waals surface area contributed by atoms with Crippen LogP contribution >= 0.6 is 12.2 Å². The van der Waals surface area contributed by atoms with E-state index in [1.807, 2.05) is 0 Å². The van der Waals surface area contributed by atoms with E-state index in [2.05, 4.69) is 12.2 Å². The van der Waals surface area contributed by atoms with Gasteiger partial charge >= 0.3 is 6.18 Å². The van der Waals surface area contributed by atoms with Crippen LogP contribution in [-0.4, -0.2) is 9.56 Å². The smallest absolute Gasteiger partial charge is 0.393 e. The Kier molecular flexibility index (Phi) is 3.92. The molecule has 1 rings (SSSR count). The van der Waals surface area contributed by atoms with Gasteiger partial charge in [-0.15, -0.1) is 0 Å². The van der Waals surface area contributed by atoms with Gasteiger partial charge in [0.25, 0.3) is 5.56 Å². The molecule has 0 fully saturated rings. The van der Waals surface area contributed by atoms with Crippen molar-refractivity contribution in [2.75, 3.05) is 0 Å². The van der Waals surface area contributed by atoms with E-state index >= 15 is 0 Å². The van der Waals surface area contributed by atoms with E-state index in [-0.39, 0.29) is 11.5 Å². The SMILES string of the molecule is CC(Cn1c(C(F)(F)F)cccc1=O)C(N)=S. The van der Waals surface area contributed by atoms with Gasteiger partial charge < -0.3 is 10.3 Å². The van der Waals surface area contributed by atoms with Crippen molar-refractivity contribution in [2.45, 2.75) is 19.6 Å². The highest BCUT2D eigenvalue weighted by Gasteiger charge is 2.34. The molecule has 0 spiro atoms. The Morgan fingerprint density at radius 3 is 2.59 bits per heavy atom. The summed E-state index contributed by atoms with van der Waals surface area (Å²) < 4.78 is 38.6. The molecule has 0 aromatic carbocycles. The molecule has 1 aromatic rings. The number of nitrogens with two attached hydrogens (primary N) is 1. The summed E-state index contributed by atoms with van der Waals surface area (Å²) in [7, 11) is 0. The third-order valence-electron chi connectivity index (χ3n) is 2.28. The minimum Gasteiger partial charge on any atom is -0.393 e. The predicted molar refractivity (Wildman–Crippen MR) is 61.7 cm³/mol. The van der Waals surface area contributed by atoms with E-state index in [4.69, 9.17) is 5.73 Å². The van der Waals surface area contributed by atoms with Gasteiger partial charge in [0.15, 0.2) is 0 Å². The molecule has 1 unspecified atom stereocenters. The van der Waals surface area contributed by atoms with Crippen molar-refractivity contribution in [1.29, 1.82) is 0 Å².